The number of carbonyl (C=O) groups is 1. The highest BCUT2D eigenvalue weighted by molar-refractivity contribution is 7.98. The molecule has 5 aromatic carbocycles. The van der Waals surface area contributed by atoms with Crippen LogP contribution in [-0.4, -0.2) is 20.7 Å². The van der Waals surface area contributed by atoms with Crippen LogP contribution in [0.15, 0.2) is 120 Å². The average Bonchev–Trinajstić information content (AvgIpc) is 3.45. The van der Waals surface area contributed by atoms with Crippen molar-refractivity contribution in [3.05, 3.63) is 154 Å². The predicted octanol–water partition coefficient (Wildman–Crippen LogP) is 8.70. The Hall–Kier alpha value is -4.39. The molecule has 1 unspecified atom stereocenters. The monoisotopic (exact) mass is 602 g/mol. The zero-order chi connectivity index (χ0) is 29.8. The molecule has 43 heavy (non-hydrogen) atoms. The van der Waals surface area contributed by atoms with Crippen LogP contribution in [0.25, 0.3) is 16.5 Å². The van der Waals surface area contributed by atoms with Gasteiger partial charge in [0.25, 0.3) is 5.91 Å². The third kappa shape index (κ3) is 6.66. The van der Waals surface area contributed by atoms with Crippen LogP contribution in [0.3, 0.4) is 0 Å². The van der Waals surface area contributed by atoms with Gasteiger partial charge in [-0.2, -0.15) is 0 Å². The molecule has 0 aliphatic heterocycles. The van der Waals surface area contributed by atoms with Crippen molar-refractivity contribution >= 4 is 40.0 Å². The molecule has 5 nitrogen and oxygen atoms in total. The Morgan fingerprint density at radius 1 is 0.814 bits per heavy atom. The van der Waals surface area contributed by atoms with Gasteiger partial charge in [0, 0.05) is 16.3 Å². The summed E-state index contributed by atoms with van der Waals surface area (Å²) in [6, 6.07) is 37.8. The lowest BCUT2D eigenvalue weighted by atomic mass is 10.0. The lowest BCUT2D eigenvalue weighted by molar-refractivity contribution is 0.0934. The molecule has 0 radical (unpaired) electrons. The molecule has 0 saturated heterocycles. The molecule has 7 heteroatoms. The molecule has 1 amide bonds. The summed E-state index contributed by atoms with van der Waals surface area (Å²) in [6.45, 7) is 4.14. The maximum Gasteiger partial charge on any atom is 0.251 e. The third-order valence-electron chi connectivity index (χ3n) is 7.43. The van der Waals surface area contributed by atoms with Gasteiger partial charge in [0.15, 0.2) is 11.0 Å². The SMILES string of the molecule is Cc1cccc(CSc2nnc(C(Cc3ccccc3)NC(=O)c3ccc4ccccc4c3)n2-c2cc(Cl)ccc2C)c1. The van der Waals surface area contributed by atoms with E-state index in [9.17, 15) is 4.79 Å². The van der Waals surface area contributed by atoms with Crippen molar-refractivity contribution in [2.24, 2.45) is 0 Å². The minimum atomic E-state index is -0.458. The summed E-state index contributed by atoms with van der Waals surface area (Å²) in [4.78, 5) is 13.8. The maximum atomic E-state index is 13.8. The van der Waals surface area contributed by atoms with E-state index < -0.39 is 6.04 Å². The normalized spacial score (nSPS) is 11.9. The van der Waals surface area contributed by atoms with Crippen molar-refractivity contribution in [3.8, 4) is 5.69 Å². The van der Waals surface area contributed by atoms with Crippen LogP contribution in [-0.2, 0) is 12.2 Å². The van der Waals surface area contributed by atoms with Crippen molar-refractivity contribution in [1.82, 2.24) is 20.1 Å². The molecule has 214 valence electrons. The molecule has 6 aromatic rings. The Morgan fingerprint density at radius 2 is 1.58 bits per heavy atom. The minimum absolute atomic E-state index is 0.169. The Bertz CT molecular complexity index is 1900. The van der Waals surface area contributed by atoms with Crippen LogP contribution in [0, 0.1) is 13.8 Å². The number of carbonyl (C=O) groups excluding carboxylic acids is 1. The van der Waals surface area contributed by atoms with E-state index in [0.29, 0.717) is 22.8 Å². The molecular weight excluding hydrogens is 572 g/mol. The Kier molecular flexibility index (Phi) is 8.59. The second-order valence-corrected chi connectivity index (χ2v) is 12.0. The van der Waals surface area contributed by atoms with Crippen LogP contribution in [0.1, 0.15) is 44.5 Å². The molecule has 0 aliphatic carbocycles. The van der Waals surface area contributed by atoms with E-state index in [4.69, 9.17) is 16.7 Å². The number of rotatable bonds is 9. The maximum absolute atomic E-state index is 13.8. The molecule has 0 spiro atoms. The van der Waals surface area contributed by atoms with Crippen molar-refractivity contribution in [2.75, 3.05) is 0 Å². The lowest BCUT2D eigenvalue weighted by Gasteiger charge is -2.21. The third-order valence-corrected chi connectivity index (χ3v) is 8.67. The highest BCUT2D eigenvalue weighted by Gasteiger charge is 2.26. The van der Waals surface area contributed by atoms with Crippen molar-refractivity contribution in [3.63, 3.8) is 0 Å². The summed E-state index contributed by atoms with van der Waals surface area (Å²) < 4.78 is 2.05. The number of halogens is 1. The van der Waals surface area contributed by atoms with Gasteiger partial charge in [0.1, 0.15) is 0 Å². The van der Waals surface area contributed by atoms with E-state index in [0.717, 1.165) is 38.5 Å². The summed E-state index contributed by atoms with van der Waals surface area (Å²) in [6.07, 6.45) is 0.542. The van der Waals surface area contributed by atoms with Gasteiger partial charge in [0.2, 0.25) is 0 Å². The van der Waals surface area contributed by atoms with Gasteiger partial charge in [-0.05, 0) is 72.0 Å². The van der Waals surface area contributed by atoms with Gasteiger partial charge in [0.05, 0.1) is 11.7 Å². The smallest absolute Gasteiger partial charge is 0.251 e. The van der Waals surface area contributed by atoms with Crippen LogP contribution < -0.4 is 5.32 Å². The standard InChI is InChI=1S/C36H31ClN4OS/c1-24-9-8-12-27(19-24)23-43-36-40-39-34(41(36)33-22-31(37)18-15-25(33)2)32(20-26-10-4-3-5-11-26)38-35(42)30-17-16-28-13-6-7-14-29(28)21-30/h3-19,21-22,32H,20,23H2,1-2H3,(H,38,42). The van der Waals surface area contributed by atoms with E-state index in [1.165, 1.54) is 11.1 Å². The van der Waals surface area contributed by atoms with Gasteiger partial charge >= 0.3 is 0 Å². The first-order chi connectivity index (χ1) is 20.9. The van der Waals surface area contributed by atoms with Crippen molar-refractivity contribution in [1.29, 1.82) is 0 Å². The zero-order valence-corrected chi connectivity index (χ0v) is 25.6. The summed E-state index contributed by atoms with van der Waals surface area (Å²) in [5.41, 5.74) is 6.01. The molecule has 1 N–H and O–H groups in total. The van der Waals surface area contributed by atoms with Gasteiger partial charge in [-0.15, -0.1) is 10.2 Å². The van der Waals surface area contributed by atoms with Crippen LogP contribution in [0.2, 0.25) is 5.02 Å². The molecule has 0 aliphatic rings. The fourth-order valence-electron chi connectivity index (χ4n) is 5.23. The first-order valence-corrected chi connectivity index (χ1v) is 15.5. The second kappa shape index (κ2) is 12.9. The molecule has 0 fully saturated rings. The lowest BCUT2D eigenvalue weighted by Crippen LogP contribution is -2.32. The highest BCUT2D eigenvalue weighted by atomic mass is 35.5. The second-order valence-electron chi connectivity index (χ2n) is 10.7. The average molecular weight is 603 g/mol. The quantitative estimate of drug-likeness (QED) is 0.168. The summed E-state index contributed by atoms with van der Waals surface area (Å²) in [5.74, 6) is 1.21. The Labute approximate surface area is 260 Å². The fourth-order valence-corrected chi connectivity index (χ4v) is 6.29. The fraction of sp³-hybridized carbons (Fsp3) is 0.139. The number of thioether (sulfide) groups is 1. The van der Waals surface area contributed by atoms with Gasteiger partial charge in [-0.3, -0.25) is 9.36 Å². The van der Waals surface area contributed by atoms with E-state index in [1.807, 2.05) is 85.8 Å². The number of benzene rings is 5. The number of fused-ring (bicyclic) bond motifs is 1. The van der Waals surface area contributed by atoms with Crippen LogP contribution >= 0.6 is 23.4 Å². The Morgan fingerprint density at radius 3 is 2.40 bits per heavy atom. The molecule has 0 bridgehead atoms. The van der Waals surface area contributed by atoms with Gasteiger partial charge in [-0.1, -0.05) is 120 Å². The molecule has 1 heterocycles. The van der Waals surface area contributed by atoms with E-state index in [1.54, 1.807) is 11.8 Å². The summed E-state index contributed by atoms with van der Waals surface area (Å²) >= 11 is 8.13. The number of nitrogens with zero attached hydrogens (tertiary/aromatic N) is 3. The first kappa shape index (κ1) is 28.7. The zero-order valence-electron chi connectivity index (χ0n) is 24.0. The summed E-state index contributed by atoms with van der Waals surface area (Å²) in [5, 5.41) is 16.1. The number of nitrogens with one attached hydrogen (secondary N) is 1. The topological polar surface area (TPSA) is 59.8 Å². The molecule has 1 atom stereocenters. The first-order valence-electron chi connectivity index (χ1n) is 14.2. The number of aromatic nitrogens is 3. The molecule has 0 saturated carbocycles. The number of hydrogen-bond acceptors (Lipinski definition) is 4. The van der Waals surface area contributed by atoms with Crippen LogP contribution in [0.5, 0.6) is 0 Å². The predicted molar refractivity (Wildman–Crippen MR) is 176 cm³/mol. The molecule has 1 aromatic heterocycles. The number of aryl methyl sites for hydroxylation is 2. The van der Waals surface area contributed by atoms with E-state index in [-0.39, 0.29) is 5.91 Å². The minimum Gasteiger partial charge on any atom is -0.342 e. The summed E-state index contributed by atoms with van der Waals surface area (Å²) in [7, 11) is 0. The van der Waals surface area contributed by atoms with Crippen molar-refractivity contribution < 1.29 is 4.79 Å². The number of hydrogen-bond donors (Lipinski definition) is 1. The van der Waals surface area contributed by atoms with Crippen molar-refractivity contribution in [2.45, 2.75) is 37.2 Å². The number of amides is 1. The van der Waals surface area contributed by atoms with Gasteiger partial charge in [-0.25, -0.2) is 0 Å². The Balaban J connectivity index is 1.41. The molecular formula is C36H31ClN4OS. The largest absolute Gasteiger partial charge is 0.342 e. The van der Waals surface area contributed by atoms with Gasteiger partial charge < -0.3 is 5.32 Å². The van der Waals surface area contributed by atoms with E-state index in [2.05, 4.69) is 58.3 Å². The van der Waals surface area contributed by atoms with E-state index >= 15 is 0 Å². The van der Waals surface area contributed by atoms with Crippen LogP contribution in [0.4, 0.5) is 0 Å². The molecule has 6 rings (SSSR count). The highest BCUT2D eigenvalue weighted by Crippen LogP contribution is 2.32.